The van der Waals surface area contributed by atoms with Crippen LogP contribution in [0.1, 0.15) is 12.8 Å². The van der Waals surface area contributed by atoms with E-state index in [9.17, 15) is 0 Å². The van der Waals surface area contributed by atoms with Crippen molar-refractivity contribution in [3.8, 4) is 0 Å². The van der Waals surface area contributed by atoms with E-state index < -0.39 is 0 Å². The van der Waals surface area contributed by atoms with Crippen molar-refractivity contribution >= 4 is 0 Å². The van der Waals surface area contributed by atoms with Gasteiger partial charge < -0.3 is 9.67 Å². The molecular weight excluding hydrogens is 138 g/mol. The van der Waals surface area contributed by atoms with E-state index in [0.29, 0.717) is 6.61 Å². The highest BCUT2D eigenvalue weighted by molar-refractivity contribution is 4.97. The van der Waals surface area contributed by atoms with Gasteiger partial charge in [-0.05, 0) is 25.0 Å². The first-order valence-corrected chi connectivity index (χ1v) is 4.06. The van der Waals surface area contributed by atoms with Crippen molar-refractivity contribution in [2.24, 2.45) is 5.41 Å². The number of rotatable bonds is 3. The largest absolute Gasteiger partial charge is 0.396 e. The fraction of sp³-hybridized carbons (Fsp3) is 0.556. The quantitative estimate of drug-likeness (QED) is 0.691. The molecule has 2 rings (SSSR count). The zero-order valence-electron chi connectivity index (χ0n) is 6.53. The van der Waals surface area contributed by atoms with Crippen molar-refractivity contribution in [2.75, 3.05) is 6.61 Å². The van der Waals surface area contributed by atoms with Gasteiger partial charge in [0.1, 0.15) is 0 Å². The van der Waals surface area contributed by atoms with Crippen molar-refractivity contribution < 1.29 is 5.11 Å². The Kier molecular flexibility index (Phi) is 1.50. The van der Waals surface area contributed by atoms with E-state index >= 15 is 0 Å². The summed E-state index contributed by atoms with van der Waals surface area (Å²) in [5.74, 6) is 0. The van der Waals surface area contributed by atoms with Gasteiger partial charge in [-0.15, -0.1) is 0 Å². The minimum Gasteiger partial charge on any atom is -0.396 e. The van der Waals surface area contributed by atoms with Crippen molar-refractivity contribution in [2.45, 2.75) is 19.4 Å². The van der Waals surface area contributed by atoms with Crippen LogP contribution in [0.3, 0.4) is 0 Å². The van der Waals surface area contributed by atoms with Crippen LogP contribution >= 0.6 is 0 Å². The Morgan fingerprint density at radius 1 is 1.27 bits per heavy atom. The van der Waals surface area contributed by atoms with Crippen LogP contribution in [0.25, 0.3) is 0 Å². The van der Waals surface area contributed by atoms with Crippen LogP contribution in [0.4, 0.5) is 0 Å². The van der Waals surface area contributed by atoms with Gasteiger partial charge in [-0.25, -0.2) is 0 Å². The highest BCUT2D eigenvalue weighted by Crippen LogP contribution is 2.46. The number of hydrogen-bond acceptors (Lipinski definition) is 1. The summed E-state index contributed by atoms with van der Waals surface area (Å²) in [4.78, 5) is 0. The van der Waals surface area contributed by atoms with Crippen LogP contribution in [0, 0.1) is 5.41 Å². The van der Waals surface area contributed by atoms with E-state index in [1.54, 1.807) is 0 Å². The predicted octanol–water partition coefficient (Wildman–Crippen LogP) is 1.26. The zero-order chi connectivity index (χ0) is 7.73. The SMILES string of the molecule is OCC1(Cn2cccc2)CC1. The first-order valence-electron chi connectivity index (χ1n) is 4.06. The van der Waals surface area contributed by atoms with Gasteiger partial charge >= 0.3 is 0 Å². The Labute approximate surface area is 66.5 Å². The van der Waals surface area contributed by atoms with Gasteiger partial charge in [0.2, 0.25) is 0 Å². The van der Waals surface area contributed by atoms with Crippen LogP contribution in [0.5, 0.6) is 0 Å². The molecule has 0 atom stereocenters. The molecule has 11 heavy (non-hydrogen) atoms. The maximum atomic E-state index is 9.04. The zero-order valence-corrected chi connectivity index (χ0v) is 6.53. The smallest absolute Gasteiger partial charge is 0.0504 e. The molecule has 0 saturated heterocycles. The van der Waals surface area contributed by atoms with Crippen molar-refractivity contribution in [1.82, 2.24) is 4.57 Å². The second-order valence-corrected chi connectivity index (χ2v) is 3.51. The maximum absolute atomic E-state index is 9.04. The molecule has 0 aliphatic heterocycles. The maximum Gasteiger partial charge on any atom is 0.0504 e. The van der Waals surface area contributed by atoms with Gasteiger partial charge in [-0.1, -0.05) is 0 Å². The summed E-state index contributed by atoms with van der Waals surface area (Å²) in [5, 5.41) is 9.04. The first-order chi connectivity index (χ1) is 5.35. The minimum atomic E-state index is 0.235. The molecule has 0 spiro atoms. The molecule has 2 heteroatoms. The average molecular weight is 151 g/mol. The van der Waals surface area contributed by atoms with Gasteiger partial charge in [0.15, 0.2) is 0 Å². The van der Waals surface area contributed by atoms with Crippen LogP contribution in [-0.4, -0.2) is 16.3 Å². The summed E-state index contributed by atoms with van der Waals surface area (Å²) >= 11 is 0. The molecule has 0 radical (unpaired) electrons. The van der Waals surface area contributed by atoms with Crippen LogP contribution in [0.2, 0.25) is 0 Å². The Morgan fingerprint density at radius 2 is 1.91 bits per heavy atom. The molecule has 60 valence electrons. The molecule has 1 aliphatic rings. The topological polar surface area (TPSA) is 25.2 Å². The molecule has 1 N–H and O–H groups in total. The van der Waals surface area contributed by atoms with Crippen LogP contribution in [0.15, 0.2) is 24.5 Å². The van der Waals surface area contributed by atoms with E-state index in [4.69, 9.17) is 5.11 Å². The fourth-order valence-corrected chi connectivity index (χ4v) is 1.41. The number of aliphatic hydroxyl groups is 1. The molecule has 1 fully saturated rings. The van der Waals surface area contributed by atoms with Gasteiger partial charge in [0.05, 0.1) is 6.61 Å². The standard InChI is InChI=1S/C9H13NO/c11-8-9(3-4-9)7-10-5-1-2-6-10/h1-2,5-6,11H,3-4,7-8H2. The van der Waals surface area contributed by atoms with Crippen LogP contribution in [-0.2, 0) is 6.54 Å². The third-order valence-corrected chi connectivity index (χ3v) is 2.48. The molecular formula is C9H13NO. The minimum absolute atomic E-state index is 0.235. The lowest BCUT2D eigenvalue weighted by Crippen LogP contribution is -2.14. The van der Waals surface area contributed by atoms with Crippen LogP contribution < -0.4 is 0 Å². The lowest BCUT2D eigenvalue weighted by molar-refractivity contribution is 0.195. The number of hydrogen-bond donors (Lipinski definition) is 1. The molecule has 1 saturated carbocycles. The van der Waals surface area contributed by atoms with Gasteiger partial charge in [-0.2, -0.15) is 0 Å². The highest BCUT2D eigenvalue weighted by Gasteiger charge is 2.41. The molecule has 2 nitrogen and oxygen atoms in total. The Hall–Kier alpha value is -0.760. The van der Waals surface area contributed by atoms with Gasteiger partial charge in [-0.3, -0.25) is 0 Å². The molecule has 1 heterocycles. The Bertz CT molecular complexity index is 224. The molecule has 0 amide bonds. The summed E-state index contributed by atoms with van der Waals surface area (Å²) < 4.78 is 2.14. The molecule has 1 aromatic rings. The van der Waals surface area contributed by atoms with Gasteiger partial charge in [0.25, 0.3) is 0 Å². The normalized spacial score (nSPS) is 20.1. The monoisotopic (exact) mass is 151 g/mol. The lowest BCUT2D eigenvalue weighted by atomic mass is 10.1. The molecule has 0 unspecified atom stereocenters. The predicted molar refractivity (Wildman–Crippen MR) is 43.2 cm³/mol. The summed E-state index contributed by atoms with van der Waals surface area (Å²) in [6.45, 7) is 1.32. The van der Waals surface area contributed by atoms with Crippen molar-refractivity contribution in [3.05, 3.63) is 24.5 Å². The molecule has 1 aromatic heterocycles. The number of aliphatic hydroxyl groups excluding tert-OH is 1. The first kappa shape index (κ1) is 6.92. The third-order valence-electron chi connectivity index (χ3n) is 2.48. The number of aromatic nitrogens is 1. The summed E-state index contributed by atoms with van der Waals surface area (Å²) in [6.07, 6.45) is 6.47. The van der Waals surface area contributed by atoms with E-state index in [1.807, 2.05) is 12.1 Å². The summed E-state index contributed by atoms with van der Waals surface area (Å²) in [7, 11) is 0. The van der Waals surface area contributed by atoms with E-state index in [-0.39, 0.29) is 5.41 Å². The number of nitrogens with zero attached hydrogens (tertiary/aromatic N) is 1. The second kappa shape index (κ2) is 2.38. The Morgan fingerprint density at radius 3 is 2.36 bits per heavy atom. The average Bonchev–Trinajstić information content (AvgIpc) is 2.59. The van der Waals surface area contributed by atoms with Crippen molar-refractivity contribution in [3.63, 3.8) is 0 Å². The second-order valence-electron chi connectivity index (χ2n) is 3.51. The van der Waals surface area contributed by atoms with Crippen molar-refractivity contribution in [1.29, 1.82) is 0 Å². The summed E-state index contributed by atoms with van der Waals surface area (Å²) in [5.41, 5.74) is 0.235. The fourth-order valence-electron chi connectivity index (χ4n) is 1.41. The molecule has 0 aromatic carbocycles. The Balaban J connectivity index is 2.01. The van der Waals surface area contributed by atoms with Gasteiger partial charge in [0, 0.05) is 24.4 Å². The lowest BCUT2D eigenvalue weighted by Gasteiger charge is -2.11. The molecule has 0 bridgehead atoms. The van der Waals surface area contributed by atoms with E-state index in [0.717, 1.165) is 6.54 Å². The summed E-state index contributed by atoms with van der Waals surface area (Å²) in [6, 6.07) is 4.04. The third kappa shape index (κ3) is 1.31. The van der Waals surface area contributed by atoms with E-state index in [2.05, 4.69) is 17.0 Å². The van der Waals surface area contributed by atoms with E-state index in [1.165, 1.54) is 12.8 Å². The molecule has 1 aliphatic carbocycles. The highest BCUT2D eigenvalue weighted by atomic mass is 16.3.